The number of hydrogen-bond acceptors (Lipinski definition) is 3. The lowest BCUT2D eigenvalue weighted by atomic mass is 10.1. The molecule has 1 aromatic heterocycles. The number of para-hydroxylation sites is 1. The minimum absolute atomic E-state index is 0.0539. The van der Waals surface area contributed by atoms with Crippen LogP contribution >= 0.6 is 0 Å². The first-order chi connectivity index (χ1) is 15.2. The highest BCUT2D eigenvalue weighted by atomic mass is 16.2. The fourth-order valence-electron chi connectivity index (χ4n) is 3.75. The van der Waals surface area contributed by atoms with Crippen LogP contribution in [0.25, 0.3) is 0 Å². The molecule has 0 fully saturated rings. The summed E-state index contributed by atoms with van der Waals surface area (Å²) in [5.41, 5.74) is 4.76. The van der Waals surface area contributed by atoms with Crippen LogP contribution in [-0.4, -0.2) is 23.5 Å². The van der Waals surface area contributed by atoms with Gasteiger partial charge in [-0.3, -0.25) is 14.7 Å². The number of nitrogens with one attached hydrogen (secondary N) is 2. The molecule has 0 spiro atoms. The van der Waals surface area contributed by atoms with Crippen molar-refractivity contribution in [2.45, 2.75) is 32.2 Å². The fourth-order valence-corrected chi connectivity index (χ4v) is 3.75. The topological polar surface area (TPSA) is 74.3 Å². The summed E-state index contributed by atoms with van der Waals surface area (Å²) in [6, 6.07) is 19.2. The molecule has 0 bridgehead atoms. The second-order valence-corrected chi connectivity index (χ2v) is 7.68. The van der Waals surface area contributed by atoms with Gasteiger partial charge in [0.1, 0.15) is 0 Å². The molecule has 4 rings (SSSR count). The van der Waals surface area contributed by atoms with E-state index in [1.807, 2.05) is 59.5 Å². The van der Waals surface area contributed by atoms with Gasteiger partial charge in [0.2, 0.25) is 5.91 Å². The van der Waals surface area contributed by atoms with Crippen LogP contribution in [0.1, 0.15) is 29.5 Å². The third kappa shape index (κ3) is 5.48. The van der Waals surface area contributed by atoms with Crippen LogP contribution in [0, 0.1) is 0 Å². The number of pyridine rings is 1. The van der Waals surface area contributed by atoms with Crippen molar-refractivity contribution in [3.8, 4) is 0 Å². The highest BCUT2D eigenvalue weighted by Crippen LogP contribution is 2.26. The van der Waals surface area contributed by atoms with Crippen LogP contribution in [0.4, 0.5) is 16.2 Å². The van der Waals surface area contributed by atoms with Gasteiger partial charge in [-0.2, -0.15) is 0 Å². The Balaban J connectivity index is 1.33. The maximum atomic E-state index is 12.9. The summed E-state index contributed by atoms with van der Waals surface area (Å²) in [4.78, 5) is 31.0. The smallest absolute Gasteiger partial charge is 0.326 e. The van der Waals surface area contributed by atoms with Gasteiger partial charge in [-0.1, -0.05) is 36.4 Å². The van der Waals surface area contributed by atoms with Crippen molar-refractivity contribution in [1.29, 1.82) is 0 Å². The molecule has 6 heteroatoms. The predicted octanol–water partition coefficient (Wildman–Crippen LogP) is 4.32. The molecular formula is C25H26N4O2. The Morgan fingerprint density at radius 2 is 1.77 bits per heavy atom. The van der Waals surface area contributed by atoms with Crippen molar-refractivity contribution < 1.29 is 9.59 Å². The minimum Gasteiger partial charge on any atom is -0.352 e. The molecule has 2 heterocycles. The molecule has 6 nitrogen and oxygen atoms in total. The Kier molecular flexibility index (Phi) is 6.57. The van der Waals surface area contributed by atoms with Gasteiger partial charge in [0, 0.05) is 36.9 Å². The van der Waals surface area contributed by atoms with Gasteiger partial charge in [0.25, 0.3) is 0 Å². The van der Waals surface area contributed by atoms with E-state index in [0.29, 0.717) is 18.8 Å². The number of hydrogen-bond donors (Lipinski definition) is 2. The number of benzene rings is 2. The van der Waals surface area contributed by atoms with E-state index in [2.05, 4.69) is 21.7 Å². The number of aromatic nitrogens is 1. The van der Waals surface area contributed by atoms with E-state index in [1.165, 1.54) is 5.56 Å². The summed E-state index contributed by atoms with van der Waals surface area (Å²) < 4.78 is 0. The molecular weight excluding hydrogens is 388 g/mol. The number of anilines is 2. The predicted molar refractivity (Wildman–Crippen MR) is 122 cm³/mol. The summed E-state index contributed by atoms with van der Waals surface area (Å²) in [7, 11) is 0. The summed E-state index contributed by atoms with van der Waals surface area (Å²) in [5.74, 6) is -0.0539. The Morgan fingerprint density at radius 3 is 2.58 bits per heavy atom. The van der Waals surface area contributed by atoms with Gasteiger partial charge in [-0.15, -0.1) is 0 Å². The zero-order valence-electron chi connectivity index (χ0n) is 17.4. The minimum atomic E-state index is -0.128. The number of nitrogens with zero attached hydrogens (tertiary/aromatic N) is 2. The number of aryl methyl sites for hydroxylation is 1. The molecule has 1 aliphatic rings. The number of carbonyl (C=O) groups is 2. The average molecular weight is 415 g/mol. The van der Waals surface area contributed by atoms with Gasteiger partial charge in [-0.25, -0.2) is 4.79 Å². The van der Waals surface area contributed by atoms with Crippen molar-refractivity contribution in [3.63, 3.8) is 0 Å². The Morgan fingerprint density at radius 1 is 0.935 bits per heavy atom. The third-order valence-corrected chi connectivity index (χ3v) is 5.39. The van der Waals surface area contributed by atoms with Gasteiger partial charge in [-0.05, 0) is 60.2 Å². The van der Waals surface area contributed by atoms with Crippen LogP contribution in [0.15, 0.2) is 73.1 Å². The van der Waals surface area contributed by atoms with Crippen LogP contribution in [-0.2, 0) is 24.2 Å². The maximum Gasteiger partial charge on any atom is 0.326 e. The summed E-state index contributed by atoms with van der Waals surface area (Å²) in [6.45, 7) is 1.16. The molecule has 1 aliphatic heterocycles. The molecule has 3 aromatic rings. The van der Waals surface area contributed by atoms with Gasteiger partial charge < -0.3 is 10.6 Å². The number of urea groups is 1. The van der Waals surface area contributed by atoms with Crippen LogP contribution in [0.5, 0.6) is 0 Å². The molecule has 0 saturated carbocycles. The molecule has 0 aliphatic carbocycles. The van der Waals surface area contributed by atoms with E-state index in [0.717, 1.165) is 36.1 Å². The quantitative estimate of drug-likeness (QED) is 0.653. The van der Waals surface area contributed by atoms with E-state index >= 15 is 0 Å². The largest absolute Gasteiger partial charge is 0.352 e. The SMILES string of the molecule is O=C(Cc1ccc(NC(=O)N2CCCCc3ccccc32)cc1)NCc1cccnc1. The molecule has 0 atom stereocenters. The van der Waals surface area contributed by atoms with Gasteiger partial charge in [0.15, 0.2) is 0 Å². The Bertz CT molecular complexity index is 1030. The standard InChI is InChI=1S/C25H26N4O2/c30-24(27-18-20-6-5-14-26-17-20)16-19-10-12-22(13-11-19)28-25(31)29-15-4-3-8-21-7-1-2-9-23(21)29/h1-2,5-7,9-14,17H,3-4,8,15-16,18H2,(H,27,30)(H,28,31). The molecule has 158 valence electrons. The summed E-state index contributed by atoms with van der Waals surface area (Å²) >= 11 is 0. The number of carbonyl (C=O) groups excluding carboxylic acids is 2. The van der Waals surface area contributed by atoms with Gasteiger partial charge in [0.05, 0.1) is 6.42 Å². The van der Waals surface area contributed by atoms with E-state index in [-0.39, 0.29) is 18.4 Å². The van der Waals surface area contributed by atoms with Crippen molar-refractivity contribution >= 4 is 23.3 Å². The van der Waals surface area contributed by atoms with E-state index in [9.17, 15) is 9.59 Å². The average Bonchev–Trinajstić information content (AvgIpc) is 3.02. The number of rotatable bonds is 5. The Hall–Kier alpha value is -3.67. The van der Waals surface area contributed by atoms with E-state index in [4.69, 9.17) is 0 Å². The van der Waals surface area contributed by atoms with Crippen molar-refractivity contribution in [2.75, 3.05) is 16.8 Å². The first-order valence-corrected chi connectivity index (χ1v) is 10.6. The van der Waals surface area contributed by atoms with E-state index < -0.39 is 0 Å². The third-order valence-electron chi connectivity index (χ3n) is 5.39. The lowest BCUT2D eigenvalue weighted by Crippen LogP contribution is -2.35. The fraction of sp³-hybridized carbons (Fsp3) is 0.240. The molecule has 2 N–H and O–H groups in total. The lowest BCUT2D eigenvalue weighted by Gasteiger charge is -2.23. The zero-order valence-corrected chi connectivity index (χ0v) is 17.4. The molecule has 0 radical (unpaired) electrons. The number of fused-ring (bicyclic) bond motifs is 1. The highest BCUT2D eigenvalue weighted by molar-refractivity contribution is 6.02. The van der Waals surface area contributed by atoms with Crippen LogP contribution in [0.2, 0.25) is 0 Å². The maximum absolute atomic E-state index is 12.9. The van der Waals surface area contributed by atoms with Crippen molar-refractivity contribution in [1.82, 2.24) is 10.3 Å². The monoisotopic (exact) mass is 414 g/mol. The van der Waals surface area contributed by atoms with Crippen molar-refractivity contribution in [3.05, 3.63) is 89.7 Å². The van der Waals surface area contributed by atoms with Crippen LogP contribution < -0.4 is 15.5 Å². The lowest BCUT2D eigenvalue weighted by molar-refractivity contribution is -0.120. The zero-order chi connectivity index (χ0) is 21.5. The molecule has 2 aromatic carbocycles. The molecule has 0 saturated heterocycles. The van der Waals surface area contributed by atoms with Gasteiger partial charge >= 0.3 is 6.03 Å². The first-order valence-electron chi connectivity index (χ1n) is 10.6. The Labute approximate surface area is 182 Å². The first kappa shape index (κ1) is 20.6. The summed E-state index contributed by atoms with van der Waals surface area (Å²) in [6.07, 6.45) is 6.79. The molecule has 3 amide bonds. The number of amides is 3. The molecule has 31 heavy (non-hydrogen) atoms. The van der Waals surface area contributed by atoms with Crippen LogP contribution in [0.3, 0.4) is 0 Å². The second kappa shape index (κ2) is 9.89. The van der Waals surface area contributed by atoms with E-state index in [1.54, 1.807) is 12.4 Å². The van der Waals surface area contributed by atoms with Crippen molar-refractivity contribution in [2.24, 2.45) is 0 Å². The highest BCUT2D eigenvalue weighted by Gasteiger charge is 2.20. The summed E-state index contributed by atoms with van der Waals surface area (Å²) in [5, 5.41) is 5.88. The normalized spacial score (nSPS) is 13.1. The second-order valence-electron chi connectivity index (χ2n) is 7.68. The molecule has 0 unspecified atom stereocenters.